The predicted molar refractivity (Wildman–Crippen MR) is 80.9 cm³/mol. The molecule has 1 saturated heterocycles. The number of aliphatic carboxylic acids is 2. The van der Waals surface area contributed by atoms with Gasteiger partial charge in [-0.15, -0.1) is 0 Å². The van der Waals surface area contributed by atoms with Gasteiger partial charge >= 0.3 is 17.8 Å². The lowest BCUT2D eigenvalue weighted by atomic mass is 10.2. The Bertz CT molecular complexity index is 572. The molecule has 25 heavy (non-hydrogen) atoms. The fraction of sp³-hybridized carbons (Fsp3) is 0.538. The summed E-state index contributed by atoms with van der Waals surface area (Å²) in [4.78, 5) is 66.4. The molecule has 2 atom stereocenters. The Morgan fingerprint density at radius 1 is 1.28 bits per heavy atom. The average molecular weight is 360 g/mol. The van der Waals surface area contributed by atoms with E-state index >= 15 is 0 Å². The molecule has 0 saturated carbocycles. The minimum Gasteiger partial charge on any atom is -0.481 e. The smallest absolute Gasteiger partial charge is 0.318 e. The van der Waals surface area contributed by atoms with Gasteiger partial charge in [0.05, 0.1) is 12.5 Å². The van der Waals surface area contributed by atoms with Crippen molar-refractivity contribution >= 4 is 35.6 Å². The maximum atomic E-state index is 12.0. The number of carboxylic acid groups (broad SMARTS) is 2. The number of hydrogen-bond donors (Lipinski definition) is 5. The minimum atomic E-state index is -1.31. The number of nitrogens with one attached hydrogen (secondary N) is 2. The van der Waals surface area contributed by atoms with Crippen molar-refractivity contribution in [2.45, 2.75) is 32.4 Å². The van der Waals surface area contributed by atoms with Crippen molar-refractivity contribution in [1.82, 2.24) is 15.5 Å². The Balaban J connectivity index is 0.00000129. The van der Waals surface area contributed by atoms with Crippen molar-refractivity contribution in [2.24, 2.45) is 5.73 Å². The number of nitrogens with two attached hydrogens (primary N) is 1. The zero-order valence-corrected chi connectivity index (χ0v) is 13.6. The van der Waals surface area contributed by atoms with Crippen LogP contribution in [0.2, 0.25) is 0 Å². The summed E-state index contributed by atoms with van der Waals surface area (Å²) >= 11 is 0. The molecule has 0 radical (unpaired) electrons. The Hall–Kier alpha value is -3.02. The Kier molecular flexibility index (Phi) is 8.77. The van der Waals surface area contributed by atoms with Crippen LogP contribution in [0.15, 0.2) is 0 Å². The number of piperazine rings is 1. The maximum absolute atomic E-state index is 12.0. The summed E-state index contributed by atoms with van der Waals surface area (Å²) in [5, 5.41) is 20.4. The SMILES string of the molecule is CC(=O)O.C[C@H](NC(=O)[C@@H](N)CC(=O)O)C(=O)N1CCNC(=O)C1=O. The van der Waals surface area contributed by atoms with Gasteiger partial charge in [-0.2, -0.15) is 0 Å². The van der Waals surface area contributed by atoms with E-state index in [1.54, 1.807) is 0 Å². The molecule has 6 N–H and O–H groups in total. The van der Waals surface area contributed by atoms with E-state index < -0.39 is 54.1 Å². The minimum absolute atomic E-state index is 0.00476. The number of hydrogen-bond acceptors (Lipinski definition) is 7. The first kappa shape index (κ1) is 22.0. The molecule has 0 aliphatic carbocycles. The van der Waals surface area contributed by atoms with Crippen LogP contribution in [0.4, 0.5) is 0 Å². The summed E-state index contributed by atoms with van der Waals surface area (Å²) in [7, 11) is 0. The van der Waals surface area contributed by atoms with Gasteiger partial charge in [0, 0.05) is 20.0 Å². The van der Waals surface area contributed by atoms with E-state index in [-0.39, 0.29) is 13.1 Å². The van der Waals surface area contributed by atoms with Gasteiger partial charge in [-0.25, -0.2) is 0 Å². The summed E-state index contributed by atoms with van der Waals surface area (Å²) in [6.07, 6.45) is -0.586. The van der Waals surface area contributed by atoms with Crippen molar-refractivity contribution in [3.05, 3.63) is 0 Å². The van der Waals surface area contributed by atoms with E-state index in [2.05, 4.69) is 10.6 Å². The van der Waals surface area contributed by atoms with Crippen molar-refractivity contribution in [2.75, 3.05) is 13.1 Å². The first-order valence-electron chi connectivity index (χ1n) is 7.08. The fourth-order valence-electron chi connectivity index (χ4n) is 1.69. The van der Waals surface area contributed by atoms with Gasteiger partial charge in [0.15, 0.2) is 0 Å². The molecule has 1 rings (SSSR count). The summed E-state index contributed by atoms with van der Waals surface area (Å²) in [5.41, 5.74) is 5.35. The van der Waals surface area contributed by atoms with Crippen LogP contribution < -0.4 is 16.4 Å². The van der Waals surface area contributed by atoms with Gasteiger partial charge in [0.1, 0.15) is 6.04 Å². The molecular formula is C13H20N4O8. The molecule has 0 aromatic carbocycles. The quantitative estimate of drug-likeness (QED) is 0.315. The van der Waals surface area contributed by atoms with Crippen molar-refractivity contribution in [3.8, 4) is 0 Å². The molecule has 0 unspecified atom stereocenters. The normalized spacial score (nSPS) is 15.9. The van der Waals surface area contributed by atoms with Gasteiger partial charge in [-0.1, -0.05) is 0 Å². The van der Waals surface area contributed by atoms with Crippen molar-refractivity contribution in [3.63, 3.8) is 0 Å². The molecular weight excluding hydrogens is 340 g/mol. The molecule has 1 fully saturated rings. The second-order valence-electron chi connectivity index (χ2n) is 5.00. The van der Waals surface area contributed by atoms with Crippen LogP contribution in [-0.2, 0) is 28.8 Å². The molecule has 0 aromatic heterocycles. The van der Waals surface area contributed by atoms with Gasteiger partial charge < -0.3 is 26.6 Å². The second kappa shape index (κ2) is 9.97. The van der Waals surface area contributed by atoms with E-state index in [1.165, 1.54) is 6.92 Å². The summed E-state index contributed by atoms with van der Waals surface area (Å²) in [6, 6.07) is -2.41. The predicted octanol–water partition coefficient (Wildman–Crippen LogP) is -3.13. The molecule has 1 aliphatic heterocycles. The first-order valence-corrected chi connectivity index (χ1v) is 7.08. The highest BCUT2D eigenvalue weighted by atomic mass is 16.4. The number of carbonyl (C=O) groups excluding carboxylic acids is 4. The lowest BCUT2D eigenvalue weighted by molar-refractivity contribution is -0.155. The van der Waals surface area contributed by atoms with Crippen molar-refractivity contribution in [1.29, 1.82) is 0 Å². The van der Waals surface area contributed by atoms with E-state index in [0.29, 0.717) is 0 Å². The highest BCUT2D eigenvalue weighted by molar-refractivity contribution is 6.38. The number of rotatable bonds is 5. The second-order valence-corrected chi connectivity index (χ2v) is 5.00. The number of nitrogens with zero attached hydrogens (tertiary/aromatic N) is 1. The first-order chi connectivity index (χ1) is 11.5. The topological polar surface area (TPSA) is 196 Å². The average Bonchev–Trinajstić information content (AvgIpc) is 2.48. The van der Waals surface area contributed by atoms with Crippen LogP contribution in [0.25, 0.3) is 0 Å². The van der Waals surface area contributed by atoms with Crippen LogP contribution in [0, 0.1) is 0 Å². The molecule has 12 heteroatoms. The number of imide groups is 1. The molecule has 140 valence electrons. The highest BCUT2D eigenvalue weighted by Gasteiger charge is 2.34. The zero-order valence-electron chi connectivity index (χ0n) is 13.6. The molecule has 0 bridgehead atoms. The van der Waals surface area contributed by atoms with Gasteiger partial charge in [0.2, 0.25) is 5.91 Å². The molecule has 12 nitrogen and oxygen atoms in total. The number of carboxylic acids is 2. The third-order valence-electron chi connectivity index (χ3n) is 2.79. The van der Waals surface area contributed by atoms with Gasteiger partial charge in [0.25, 0.3) is 11.9 Å². The molecule has 0 spiro atoms. The van der Waals surface area contributed by atoms with E-state index in [4.69, 9.17) is 20.7 Å². The van der Waals surface area contributed by atoms with Gasteiger partial charge in [-0.05, 0) is 6.92 Å². The van der Waals surface area contributed by atoms with E-state index in [1.807, 2.05) is 0 Å². The molecule has 4 amide bonds. The maximum Gasteiger partial charge on any atom is 0.318 e. The summed E-state index contributed by atoms with van der Waals surface area (Å²) < 4.78 is 0. The summed E-state index contributed by atoms with van der Waals surface area (Å²) in [5.74, 6) is -5.56. The van der Waals surface area contributed by atoms with Gasteiger partial charge in [-0.3, -0.25) is 33.7 Å². The Morgan fingerprint density at radius 3 is 2.28 bits per heavy atom. The molecule has 1 heterocycles. The van der Waals surface area contributed by atoms with Crippen molar-refractivity contribution < 1.29 is 39.0 Å². The largest absolute Gasteiger partial charge is 0.481 e. The standard InChI is InChI=1S/C11H16N4O6.C2H4O2/c1-5(14-8(18)6(12)4-7(16)17)10(20)15-3-2-13-9(19)11(15)21;1-2(3)4/h5-6H,2-4,12H2,1H3,(H,13,19)(H,14,18)(H,16,17);1H3,(H,3,4)/t5-,6-;/m0./s1. The third-order valence-corrected chi connectivity index (χ3v) is 2.79. The van der Waals surface area contributed by atoms with Crippen LogP contribution in [-0.4, -0.2) is 75.9 Å². The van der Waals surface area contributed by atoms with Crippen LogP contribution in [0.3, 0.4) is 0 Å². The number of amides is 4. The highest BCUT2D eigenvalue weighted by Crippen LogP contribution is 2.01. The van der Waals surface area contributed by atoms with Crippen LogP contribution in [0.1, 0.15) is 20.3 Å². The Labute approximate surface area is 142 Å². The monoisotopic (exact) mass is 360 g/mol. The molecule has 1 aliphatic rings. The lowest BCUT2D eigenvalue weighted by Crippen LogP contribution is -2.59. The molecule has 0 aromatic rings. The van der Waals surface area contributed by atoms with E-state index in [0.717, 1.165) is 11.8 Å². The number of carbonyl (C=O) groups is 6. The fourth-order valence-corrected chi connectivity index (χ4v) is 1.69. The van der Waals surface area contributed by atoms with Crippen LogP contribution in [0.5, 0.6) is 0 Å². The Morgan fingerprint density at radius 2 is 1.80 bits per heavy atom. The lowest BCUT2D eigenvalue weighted by Gasteiger charge is -2.27. The third kappa shape index (κ3) is 7.87. The van der Waals surface area contributed by atoms with Crippen LogP contribution >= 0.6 is 0 Å². The van der Waals surface area contributed by atoms with E-state index in [9.17, 15) is 24.0 Å². The summed E-state index contributed by atoms with van der Waals surface area (Å²) in [6.45, 7) is 2.54. The zero-order chi connectivity index (χ0) is 19.7.